The largest absolute Gasteiger partial charge is 0.295 e. The highest BCUT2D eigenvalue weighted by molar-refractivity contribution is 5.91. The first-order valence-electron chi connectivity index (χ1n) is 7.44. The summed E-state index contributed by atoms with van der Waals surface area (Å²) in [5, 5.41) is 0. The highest BCUT2D eigenvalue weighted by atomic mass is 16.1. The van der Waals surface area contributed by atoms with Crippen molar-refractivity contribution in [2.45, 2.75) is 38.5 Å². The molecule has 0 bridgehead atoms. The SMILES string of the molecule is O=C1C=C2CCC3C4=CC=CC4CCC3C2CC1. The Balaban J connectivity index is 1.66. The molecular formula is C17H20O. The van der Waals surface area contributed by atoms with E-state index in [1.54, 1.807) is 5.57 Å². The normalized spacial score (nSPS) is 41.7. The van der Waals surface area contributed by atoms with Crippen molar-refractivity contribution < 1.29 is 4.79 Å². The summed E-state index contributed by atoms with van der Waals surface area (Å²) in [6.45, 7) is 0. The maximum Gasteiger partial charge on any atom is 0.155 e. The first-order valence-corrected chi connectivity index (χ1v) is 7.44. The van der Waals surface area contributed by atoms with Gasteiger partial charge in [-0.05, 0) is 61.9 Å². The Kier molecular flexibility index (Phi) is 2.36. The van der Waals surface area contributed by atoms with Gasteiger partial charge >= 0.3 is 0 Å². The van der Waals surface area contributed by atoms with Crippen molar-refractivity contribution in [1.29, 1.82) is 0 Å². The average molecular weight is 240 g/mol. The Morgan fingerprint density at radius 3 is 2.83 bits per heavy atom. The molecule has 18 heavy (non-hydrogen) atoms. The van der Waals surface area contributed by atoms with E-state index in [1.165, 1.54) is 31.3 Å². The molecule has 0 aromatic heterocycles. The lowest BCUT2D eigenvalue weighted by molar-refractivity contribution is -0.115. The minimum Gasteiger partial charge on any atom is -0.295 e. The summed E-state index contributed by atoms with van der Waals surface area (Å²) in [6, 6.07) is 0. The number of carbonyl (C=O) groups excluding carboxylic acids is 1. The maximum absolute atomic E-state index is 11.6. The second kappa shape index (κ2) is 3.94. The van der Waals surface area contributed by atoms with Gasteiger partial charge in [-0.3, -0.25) is 4.79 Å². The third-order valence-corrected chi connectivity index (χ3v) is 5.60. The van der Waals surface area contributed by atoms with E-state index in [0.29, 0.717) is 5.78 Å². The standard InChI is InChI=1S/C17H20O/c18-13-6-9-15-12(10-13)5-8-16-14-3-1-2-11(14)4-7-17(15)16/h1-3,10-11,15-17H,4-9H2. The van der Waals surface area contributed by atoms with E-state index in [2.05, 4.69) is 18.2 Å². The number of ketones is 1. The van der Waals surface area contributed by atoms with Gasteiger partial charge in [-0.15, -0.1) is 0 Å². The number of allylic oxidation sites excluding steroid dienone is 6. The van der Waals surface area contributed by atoms with Gasteiger partial charge in [0.15, 0.2) is 5.78 Å². The lowest BCUT2D eigenvalue weighted by Crippen LogP contribution is -2.37. The van der Waals surface area contributed by atoms with Crippen LogP contribution in [-0.4, -0.2) is 5.78 Å². The number of fused-ring (bicyclic) bond motifs is 5. The molecule has 4 atom stereocenters. The zero-order chi connectivity index (χ0) is 12.1. The van der Waals surface area contributed by atoms with Crippen LogP contribution >= 0.6 is 0 Å². The summed E-state index contributed by atoms with van der Waals surface area (Å²) < 4.78 is 0. The van der Waals surface area contributed by atoms with Gasteiger partial charge in [0.1, 0.15) is 0 Å². The predicted molar refractivity (Wildman–Crippen MR) is 72.0 cm³/mol. The highest BCUT2D eigenvalue weighted by Gasteiger charge is 2.43. The van der Waals surface area contributed by atoms with Crippen molar-refractivity contribution in [3.63, 3.8) is 0 Å². The molecule has 0 heterocycles. The summed E-state index contributed by atoms with van der Waals surface area (Å²) in [5.41, 5.74) is 3.19. The molecule has 0 saturated heterocycles. The molecule has 4 aliphatic rings. The summed E-state index contributed by atoms with van der Waals surface area (Å²) >= 11 is 0. The van der Waals surface area contributed by atoms with E-state index in [-0.39, 0.29) is 0 Å². The second-order valence-corrected chi connectivity index (χ2v) is 6.38. The van der Waals surface area contributed by atoms with E-state index < -0.39 is 0 Å². The Morgan fingerprint density at radius 2 is 1.89 bits per heavy atom. The van der Waals surface area contributed by atoms with Crippen molar-refractivity contribution >= 4 is 5.78 Å². The van der Waals surface area contributed by atoms with Gasteiger partial charge in [0.2, 0.25) is 0 Å². The molecule has 4 unspecified atom stereocenters. The number of hydrogen-bond acceptors (Lipinski definition) is 1. The van der Waals surface area contributed by atoms with Gasteiger partial charge in [0, 0.05) is 6.42 Å². The maximum atomic E-state index is 11.6. The molecule has 0 amide bonds. The van der Waals surface area contributed by atoms with E-state index >= 15 is 0 Å². The number of rotatable bonds is 0. The quantitative estimate of drug-likeness (QED) is 0.629. The van der Waals surface area contributed by atoms with Crippen molar-refractivity contribution in [3.05, 3.63) is 35.5 Å². The van der Waals surface area contributed by atoms with Crippen LogP contribution in [-0.2, 0) is 4.79 Å². The van der Waals surface area contributed by atoms with Crippen molar-refractivity contribution in [1.82, 2.24) is 0 Å². The summed E-state index contributed by atoms with van der Waals surface area (Å²) in [6.07, 6.45) is 16.1. The van der Waals surface area contributed by atoms with Crippen LogP contribution in [0.25, 0.3) is 0 Å². The molecule has 0 N–H and O–H groups in total. The number of hydrogen-bond donors (Lipinski definition) is 0. The lowest BCUT2D eigenvalue weighted by Gasteiger charge is -2.46. The number of carbonyl (C=O) groups is 1. The van der Waals surface area contributed by atoms with E-state index in [9.17, 15) is 4.79 Å². The van der Waals surface area contributed by atoms with Crippen LogP contribution in [0.1, 0.15) is 38.5 Å². The summed E-state index contributed by atoms with van der Waals surface area (Å²) in [4.78, 5) is 11.6. The summed E-state index contributed by atoms with van der Waals surface area (Å²) in [7, 11) is 0. The molecule has 0 aromatic rings. The van der Waals surface area contributed by atoms with Crippen molar-refractivity contribution in [2.75, 3.05) is 0 Å². The first-order chi connectivity index (χ1) is 8.83. The van der Waals surface area contributed by atoms with E-state index in [1.807, 2.05) is 6.08 Å². The molecule has 0 spiro atoms. The molecule has 0 radical (unpaired) electrons. The minimum absolute atomic E-state index is 0.370. The monoisotopic (exact) mass is 240 g/mol. The molecule has 1 heteroatoms. The zero-order valence-electron chi connectivity index (χ0n) is 10.8. The van der Waals surface area contributed by atoms with Crippen molar-refractivity contribution in [3.8, 4) is 0 Å². The van der Waals surface area contributed by atoms with Crippen molar-refractivity contribution in [2.24, 2.45) is 23.7 Å². The first kappa shape index (κ1) is 10.8. The van der Waals surface area contributed by atoms with Gasteiger partial charge in [-0.1, -0.05) is 29.4 Å². The van der Waals surface area contributed by atoms with Gasteiger partial charge in [0.25, 0.3) is 0 Å². The predicted octanol–water partition coefficient (Wildman–Crippen LogP) is 3.82. The Bertz CT molecular complexity index is 478. The molecule has 4 rings (SSSR count). The third kappa shape index (κ3) is 1.49. The van der Waals surface area contributed by atoms with Crippen LogP contribution in [0.3, 0.4) is 0 Å². The molecule has 0 aliphatic heterocycles. The van der Waals surface area contributed by atoms with E-state index in [0.717, 1.165) is 36.5 Å². The fourth-order valence-corrected chi connectivity index (χ4v) is 4.82. The summed E-state index contributed by atoms with van der Waals surface area (Å²) in [5.74, 6) is 3.50. The fourth-order valence-electron chi connectivity index (χ4n) is 4.82. The smallest absolute Gasteiger partial charge is 0.155 e. The Labute approximate surface area is 109 Å². The molecule has 2 saturated carbocycles. The fraction of sp³-hybridized carbons (Fsp3) is 0.588. The second-order valence-electron chi connectivity index (χ2n) is 6.38. The van der Waals surface area contributed by atoms with Gasteiger partial charge in [-0.2, -0.15) is 0 Å². The van der Waals surface area contributed by atoms with Crippen LogP contribution in [0.5, 0.6) is 0 Å². The lowest BCUT2D eigenvalue weighted by atomic mass is 9.58. The molecule has 4 aliphatic carbocycles. The molecule has 2 fully saturated rings. The molecule has 0 aromatic carbocycles. The van der Waals surface area contributed by atoms with Crippen LogP contribution in [0, 0.1) is 23.7 Å². The van der Waals surface area contributed by atoms with E-state index in [4.69, 9.17) is 0 Å². The van der Waals surface area contributed by atoms with Crippen LogP contribution in [0.2, 0.25) is 0 Å². The third-order valence-electron chi connectivity index (χ3n) is 5.60. The van der Waals surface area contributed by atoms with Crippen LogP contribution < -0.4 is 0 Å². The van der Waals surface area contributed by atoms with Gasteiger partial charge in [-0.25, -0.2) is 0 Å². The van der Waals surface area contributed by atoms with Crippen LogP contribution in [0.4, 0.5) is 0 Å². The Hall–Kier alpha value is -1.11. The molecule has 1 nitrogen and oxygen atoms in total. The molecular weight excluding hydrogens is 220 g/mol. The topological polar surface area (TPSA) is 17.1 Å². The minimum atomic E-state index is 0.370. The Morgan fingerprint density at radius 1 is 1.00 bits per heavy atom. The average Bonchev–Trinajstić information content (AvgIpc) is 2.86. The van der Waals surface area contributed by atoms with Gasteiger partial charge in [0.05, 0.1) is 0 Å². The van der Waals surface area contributed by atoms with Gasteiger partial charge < -0.3 is 0 Å². The zero-order valence-corrected chi connectivity index (χ0v) is 10.8. The highest BCUT2D eigenvalue weighted by Crippen LogP contribution is 2.53. The molecule has 94 valence electrons. The van der Waals surface area contributed by atoms with Crippen LogP contribution in [0.15, 0.2) is 35.5 Å².